The summed E-state index contributed by atoms with van der Waals surface area (Å²) in [6.07, 6.45) is 2.58. The molecular weight excluding hydrogens is 469 g/mol. The Hall–Kier alpha value is -1.06. The summed E-state index contributed by atoms with van der Waals surface area (Å²) in [5.74, 6) is 1.81. The van der Waals surface area contributed by atoms with E-state index in [-0.39, 0.29) is 41.6 Å². The third-order valence-corrected chi connectivity index (χ3v) is 5.54. The Bertz CT molecular complexity index is 630. The van der Waals surface area contributed by atoms with Crippen molar-refractivity contribution in [1.29, 1.82) is 0 Å². The summed E-state index contributed by atoms with van der Waals surface area (Å²) in [7, 11) is 3.54. The number of halogens is 1. The number of aliphatic imine (C=N–C) groups is 1. The molecule has 2 fully saturated rings. The minimum Gasteiger partial charge on any atom is -0.497 e. The van der Waals surface area contributed by atoms with Crippen LogP contribution in [0, 0.1) is 0 Å². The Kier molecular flexibility index (Phi) is 8.82. The van der Waals surface area contributed by atoms with E-state index >= 15 is 0 Å². The van der Waals surface area contributed by atoms with Crippen LogP contribution in [0.2, 0.25) is 0 Å². The molecular formula is C21H34IN3O3. The predicted octanol–water partition coefficient (Wildman–Crippen LogP) is 3.05. The van der Waals surface area contributed by atoms with Crippen molar-refractivity contribution in [2.24, 2.45) is 4.99 Å². The van der Waals surface area contributed by atoms with E-state index in [1.54, 1.807) is 7.11 Å². The SMILES string of the molecule is CN=C(NCC(C)(C)c1ccc(OC)cc1)N1CCOC(C2CCCO2)C1.I. The van der Waals surface area contributed by atoms with Crippen molar-refractivity contribution in [3.63, 3.8) is 0 Å². The second kappa shape index (κ2) is 10.6. The smallest absolute Gasteiger partial charge is 0.193 e. The number of ether oxygens (including phenoxy) is 3. The zero-order chi connectivity index (χ0) is 19.3. The molecule has 2 saturated heterocycles. The average molecular weight is 503 g/mol. The predicted molar refractivity (Wildman–Crippen MR) is 123 cm³/mol. The summed E-state index contributed by atoms with van der Waals surface area (Å²) in [5.41, 5.74) is 1.24. The van der Waals surface area contributed by atoms with Gasteiger partial charge in [0.05, 0.1) is 19.8 Å². The number of nitrogens with one attached hydrogen (secondary N) is 1. The van der Waals surface area contributed by atoms with Crippen molar-refractivity contribution >= 4 is 29.9 Å². The fourth-order valence-electron chi connectivity index (χ4n) is 3.77. The number of hydrogen-bond acceptors (Lipinski definition) is 4. The topological polar surface area (TPSA) is 55.3 Å². The van der Waals surface area contributed by atoms with Crippen LogP contribution >= 0.6 is 24.0 Å². The number of rotatable bonds is 5. The van der Waals surface area contributed by atoms with Crippen LogP contribution in [0.15, 0.2) is 29.3 Å². The van der Waals surface area contributed by atoms with Gasteiger partial charge in [-0.05, 0) is 30.5 Å². The molecule has 0 radical (unpaired) electrons. The molecule has 0 amide bonds. The molecule has 0 aliphatic carbocycles. The maximum atomic E-state index is 5.96. The minimum atomic E-state index is -0.0253. The summed E-state index contributed by atoms with van der Waals surface area (Å²) in [6, 6.07) is 8.29. The Balaban J connectivity index is 0.00000280. The van der Waals surface area contributed by atoms with Gasteiger partial charge in [-0.1, -0.05) is 26.0 Å². The third kappa shape index (κ3) is 5.73. The second-order valence-corrected chi connectivity index (χ2v) is 7.92. The largest absolute Gasteiger partial charge is 0.497 e. The lowest BCUT2D eigenvalue weighted by Gasteiger charge is -2.38. The van der Waals surface area contributed by atoms with Gasteiger partial charge < -0.3 is 24.4 Å². The highest BCUT2D eigenvalue weighted by Gasteiger charge is 2.32. The molecule has 0 spiro atoms. The second-order valence-electron chi connectivity index (χ2n) is 7.92. The minimum absolute atomic E-state index is 0. The molecule has 2 atom stereocenters. The van der Waals surface area contributed by atoms with Gasteiger partial charge in [-0.3, -0.25) is 4.99 Å². The highest BCUT2D eigenvalue weighted by Crippen LogP contribution is 2.25. The zero-order valence-electron chi connectivity index (χ0n) is 17.4. The molecule has 28 heavy (non-hydrogen) atoms. The van der Waals surface area contributed by atoms with Crippen LogP contribution in [0.3, 0.4) is 0 Å². The molecule has 2 aliphatic heterocycles. The fourth-order valence-corrected chi connectivity index (χ4v) is 3.77. The van der Waals surface area contributed by atoms with E-state index in [1.165, 1.54) is 5.56 Å². The Labute approximate surface area is 186 Å². The van der Waals surface area contributed by atoms with E-state index in [1.807, 2.05) is 19.2 Å². The highest BCUT2D eigenvalue weighted by atomic mass is 127. The van der Waals surface area contributed by atoms with Crippen LogP contribution in [0.25, 0.3) is 0 Å². The lowest BCUT2D eigenvalue weighted by molar-refractivity contribution is -0.0817. The standard InChI is InChI=1S/C21H33N3O3.HI/c1-21(2,16-7-9-17(25-4)10-8-16)15-23-20(22-3)24-11-13-27-19(14-24)18-6-5-12-26-18;/h7-10,18-19H,5-6,11-15H2,1-4H3,(H,22,23);1H. The number of benzene rings is 1. The number of guanidine groups is 1. The molecule has 2 unspecified atom stereocenters. The number of nitrogens with zero attached hydrogens (tertiary/aromatic N) is 2. The fraction of sp³-hybridized carbons (Fsp3) is 0.667. The van der Waals surface area contributed by atoms with Gasteiger partial charge in [0.1, 0.15) is 11.9 Å². The first-order valence-electron chi connectivity index (χ1n) is 9.87. The monoisotopic (exact) mass is 503 g/mol. The summed E-state index contributed by atoms with van der Waals surface area (Å²) < 4.78 is 17.1. The van der Waals surface area contributed by atoms with Crippen LogP contribution < -0.4 is 10.1 Å². The lowest BCUT2D eigenvalue weighted by atomic mass is 9.84. The zero-order valence-corrected chi connectivity index (χ0v) is 19.8. The number of methoxy groups -OCH3 is 1. The molecule has 0 aromatic heterocycles. The molecule has 1 aromatic rings. The molecule has 3 rings (SSSR count). The van der Waals surface area contributed by atoms with Gasteiger partial charge in [-0.2, -0.15) is 0 Å². The molecule has 0 saturated carbocycles. The van der Waals surface area contributed by atoms with Crippen molar-refractivity contribution in [3.05, 3.63) is 29.8 Å². The first kappa shape index (κ1) is 23.2. The highest BCUT2D eigenvalue weighted by molar-refractivity contribution is 14.0. The van der Waals surface area contributed by atoms with E-state index in [9.17, 15) is 0 Å². The van der Waals surface area contributed by atoms with Crippen molar-refractivity contribution in [2.45, 2.75) is 44.3 Å². The summed E-state index contributed by atoms with van der Waals surface area (Å²) >= 11 is 0. The molecule has 2 heterocycles. The Morgan fingerprint density at radius 2 is 1.93 bits per heavy atom. The van der Waals surface area contributed by atoms with Crippen molar-refractivity contribution in [1.82, 2.24) is 10.2 Å². The van der Waals surface area contributed by atoms with Crippen LogP contribution in [0.4, 0.5) is 0 Å². The molecule has 2 aliphatic rings. The number of morpholine rings is 1. The van der Waals surface area contributed by atoms with E-state index in [4.69, 9.17) is 14.2 Å². The maximum Gasteiger partial charge on any atom is 0.193 e. The van der Waals surface area contributed by atoms with Crippen molar-refractivity contribution in [3.8, 4) is 5.75 Å². The van der Waals surface area contributed by atoms with Crippen LogP contribution in [-0.2, 0) is 14.9 Å². The van der Waals surface area contributed by atoms with Gasteiger partial charge in [0.25, 0.3) is 0 Å². The summed E-state index contributed by atoms with van der Waals surface area (Å²) in [5, 5.41) is 3.57. The van der Waals surface area contributed by atoms with Gasteiger partial charge >= 0.3 is 0 Å². The van der Waals surface area contributed by atoms with Gasteiger partial charge in [-0.25, -0.2) is 0 Å². The first-order chi connectivity index (χ1) is 13.0. The van der Waals surface area contributed by atoms with Crippen molar-refractivity contribution < 1.29 is 14.2 Å². The lowest BCUT2D eigenvalue weighted by Crippen LogP contribution is -2.54. The molecule has 0 bridgehead atoms. The van der Waals surface area contributed by atoms with Gasteiger partial charge in [-0.15, -0.1) is 24.0 Å². The first-order valence-corrected chi connectivity index (χ1v) is 9.87. The van der Waals surface area contributed by atoms with Crippen molar-refractivity contribution in [2.75, 3.05) is 47.0 Å². The molecule has 1 aromatic carbocycles. The summed E-state index contributed by atoms with van der Waals surface area (Å²) in [6.45, 7) is 8.53. The normalized spacial score (nSPS) is 23.3. The third-order valence-electron chi connectivity index (χ3n) is 5.54. The van der Waals surface area contributed by atoms with E-state index in [0.29, 0.717) is 6.61 Å². The molecule has 7 heteroatoms. The molecule has 158 valence electrons. The van der Waals surface area contributed by atoms with E-state index in [2.05, 4.69) is 41.2 Å². The quantitative estimate of drug-likeness (QED) is 0.381. The Morgan fingerprint density at radius 3 is 2.54 bits per heavy atom. The molecule has 6 nitrogen and oxygen atoms in total. The Morgan fingerprint density at radius 1 is 1.21 bits per heavy atom. The van der Waals surface area contributed by atoms with Crippen LogP contribution in [-0.4, -0.2) is 70.1 Å². The maximum absolute atomic E-state index is 5.96. The van der Waals surface area contributed by atoms with Crippen LogP contribution in [0.1, 0.15) is 32.3 Å². The van der Waals surface area contributed by atoms with Gasteiger partial charge in [0, 0.05) is 38.7 Å². The van der Waals surface area contributed by atoms with Gasteiger partial charge in [0.15, 0.2) is 5.96 Å². The van der Waals surface area contributed by atoms with Gasteiger partial charge in [0.2, 0.25) is 0 Å². The van der Waals surface area contributed by atoms with E-state index in [0.717, 1.165) is 50.8 Å². The molecule has 1 N–H and O–H groups in total. The number of hydrogen-bond donors (Lipinski definition) is 1. The summed E-state index contributed by atoms with van der Waals surface area (Å²) in [4.78, 5) is 6.80. The van der Waals surface area contributed by atoms with E-state index < -0.39 is 0 Å². The van der Waals surface area contributed by atoms with Crippen LogP contribution in [0.5, 0.6) is 5.75 Å². The average Bonchev–Trinajstić information content (AvgIpc) is 3.23.